The highest BCUT2D eigenvalue weighted by atomic mass is 16.5. The summed E-state index contributed by atoms with van der Waals surface area (Å²) in [7, 11) is 1.76. The average molecular weight is 356 g/mol. The third kappa shape index (κ3) is 3.26. The van der Waals surface area contributed by atoms with Gasteiger partial charge in [-0.05, 0) is 36.3 Å². The van der Waals surface area contributed by atoms with Crippen molar-refractivity contribution < 1.29 is 14.3 Å². The zero-order valence-electron chi connectivity index (χ0n) is 15.5. The van der Waals surface area contributed by atoms with Crippen molar-refractivity contribution >= 4 is 16.8 Å². The predicted octanol–water partition coefficient (Wildman–Crippen LogP) is 3.00. The fourth-order valence-corrected chi connectivity index (χ4v) is 4.74. The van der Waals surface area contributed by atoms with E-state index in [1.165, 1.54) is 10.9 Å². The molecule has 0 bridgehead atoms. The highest BCUT2D eigenvalue weighted by molar-refractivity contribution is 5.84. The molecule has 2 aromatic rings. The molecule has 1 N–H and O–H groups in total. The molecule has 0 unspecified atom stereocenters. The zero-order valence-corrected chi connectivity index (χ0v) is 15.5. The lowest BCUT2D eigenvalue weighted by Crippen LogP contribution is -2.39. The van der Waals surface area contributed by atoms with Crippen LogP contribution < -0.4 is 0 Å². The van der Waals surface area contributed by atoms with Crippen molar-refractivity contribution in [3.63, 3.8) is 0 Å². The number of carbonyl (C=O) groups is 1. The van der Waals surface area contributed by atoms with E-state index in [4.69, 9.17) is 9.47 Å². The largest absolute Gasteiger partial charge is 0.384 e. The van der Waals surface area contributed by atoms with Gasteiger partial charge in [0.2, 0.25) is 5.91 Å². The molecule has 26 heavy (non-hydrogen) atoms. The topological polar surface area (TPSA) is 54.6 Å². The van der Waals surface area contributed by atoms with Gasteiger partial charge in [-0.15, -0.1) is 0 Å². The van der Waals surface area contributed by atoms with Crippen LogP contribution in [0.15, 0.2) is 30.5 Å². The van der Waals surface area contributed by atoms with Crippen molar-refractivity contribution in [2.45, 2.75) is 25.7 Å². The lowest BCUT2D eigenvalue weighted by atomic mass is 9.72. The Morgan fingerprint density at radius 1 is 1.35 bits per heavy atom. The normalized spacial score (nSPS) is 22.3. The maximum absolute atomic E-state index is 12.9. The second-order valence-electron chi connectivity index (χ2n) is 7.76. The number of aryl methyl sites for hydroxylation is 1. The van der Waals surface area contributed by atoms with E-state index >= 15 is 0 Å². The predicted molar refractivity (Wildman–Crippen MR) is 101 cm³/mol. The van der Waals surface area contributed by atoms with E-state index in [0.717, 1.165) is 57.7 Å². The SMILES string of the molecule is COC[C@H]1CN(C(=O)CCc2c[nH]c3ccccc23)CC12CCOCC2. The third-order valence-electron chi connectivity index (χ3n) is 6.30. The summed E-state index contributed by atoms with van der Waals surface area (Å²) < 4.78 is 11.0. The summed E-state index contributed by atoms with van der Waals surface area (Å²) in [4.78, 5) is 18.3. The van der Waals surface area contributed by atoms with Crippen LogP contribution in [0.25, 0.3) is 10.9 Å². The summed E-state index contributed by atoms with van der Waals surface area (Å²) in [5.41, 5.74) is 2.55. The molecule has 0 radical (unpaired) electrons. The number of fused-ring (bicyclic) bond motifs is 1. The Bertz CT molecular complexity index is 763. The molecule has 0 aliphatic carbocycles. The van der Waals surface area contributed by atoms with Crippen LogP contribution in [0.4, 0.5) is 0 Å². The first-order chi connectivity index (χ1) is 12.7. The van der Waals surface area contributed by atoms with Crippen LogP contribution in [-0.2, 0) is 20.7 Å². The molecule has 1 atom stereocenters. The maximum atomic E-state index is 12.9. The van der Waals surface area contributed by atoms with Crippen LogP contribution in [0.5, 0.6) is 0 Å². The summed E-state index contributed by atoms with van der Waals surface area (Å²) in [6, 6.07) is 8.27. The Morgan fingerprint density at radius 2 is 2.15 bits per heavy atom. The minimum absolute atomic E-state index is 0.185. The fourth-order valence-electron chi connectivity index (χ4n) is 4.74. The number of hydrogen-bond donors (Lipinski definition) is 1. The van der Waals surface area contributed by atoms with E-state index in [9.17, 15) is 4.79 Å². The molecule has 5 nitrogen and oxygen atoms in total. The van der Waals surface area contributed by atoms with Gasteiger partial charge in [-0.25, -0.2) is 0 Å². The number of para-hydroxylation sites is 1. The molecule has 4 rings (SSSR count). The highest BCUT2D eigenvalue weighted by Gasteiger charge is 2.48. The Morgan fingerprint density at radius 3 is 2.96 bits per heavy atom. The molecule has 1 aromatic carbocycles. The second kappa shape index (κ2) is 7.41. The molecule has 140 valence electrons. The second-order valence-corrected chi connectivity index (χ2v) is 7.76. The number of nitrogens with zero attached hydrogens (tertiary/aromatic N) is 1. The number of aromatic amines is 1. The van der Waals surface area contributed by atoms with E-state index in [0.29, 0.717) is 12.3 Å². The average Bonchev–Trinajstić information content (AvgIpc) is 3.23. The van der Waals surface area contributed by atoms with Crippen molar-refractivity contribution in [2.75, 3.05) is 40.0 Å². The first-order valence-corrected chi connectivity index (χ1v) is 9.61. The number of amides is 1. The number of benzene rings is 1. The summed E-state index contributed by atoms with van der Waals surface area (Å²) in [5.74, 6) is 0.688. The Labute approximate surface area is 154 Å². The zero-order chi connectivity index (χ0) is 18.0. The first-order valence-electron chi connectivity index (χ1n) is 9.61. The number of aromatic nitrogens is 1. The number of methoxy groups -OCH3 is 1. The highest BCUT2D eigenvalue weighted by Crippen LogP contribution is 2.44. The van der Waals surface area contributed by atoms with Crippen LogP contribution in [0.2, 0.25) is 0 Å². The monoisotopic (exact) mass is 356 g/mol. The summed E-state index contributed by atoms with van der Waals surface area (Å²) >= 11 is 0. The minimum atomic E-state index is 0.185. The van der Waals surface area contributed by atoms with Gasteiger partial charge in [0.05, 0.1) is 6.61 Å². The van der Waals surface area contributed by atoms with Gasteiger partial charge < -0.3 is 19.4 Å². The van der Waals surface area contributed by atoms with E-state index in [1.54, 1.807) is 7.11 Å². The van der Waals surface area contributed by atoms with Gasteiger partial charge in [-0.3, -0.25) is 4.79 Å². The molecule has 1 aromatic heterocycles. The summed E-state index contributed by atoms with van der Waals surface area (Å²) in [6.45, 7) is 4.01. The van der Waals surface area contributed by atoms with Gasteiger partial charge in [0.25, 0.3) is 0 Å². The Kier molecular flexibility index (Phi) is 5.00. The smallest absolute Gasteiger partial charge is 0.222 e. The van der Waals surface area contributed by atoms with Crippen molar-refractivity contribution in [3.8, 4) is 0 Å². The molecule has 3 heterocycles. The van der Waals surface area contributed by atoms with Crippen LogP contribution in [0.1, 0.15) is 24.8 Å². The lowest BCUT2D eigenvalue weighted by molar-refractivity contribution is -0.130. The molecule has 0 saturated carbocycles. The van der Waals surface area contributed by atoms with Crippen LogP contribution in [-0.4, -0.2) is 55.8 Å². The molecular weight excluding hydrogens is 328 g/mol. The fraction of sp³-hybridized carbons (Fsp3) is 0.571. The molecule has 2 aliphatic heterocycles. The summed E-state index contributed by atoms with van der Waals surface area (Å²) in [6.07, 6.45) is 5.45. The number of carbonyl (C=O) groups excluding carboxylic acids is 1. The van der Waals surface area contributed by atoms with Crippen molar-refractivity contribution in [1.29, 1.82) is 0 Å². The number of ether oxygens (including phenoxy) is 2. The van der Waals surface area contributed by atoms with Gasteiger partial charge in [-0.1, -0.05) is 18.2 Å². The quantitative estimate of drug-likeness (QED) is 0.896. The number of likely N-dealkylation sites (tertiary alicyclic amines) is 1. The molecule has 1 amide bonds. The Hall–Kier alpha value is -1.85. The molecular formula is C21H28N2O3. The number of nitrogens with one attached hydrogen (secondary N) is 1. The molecule has 2 fully saturated rings. The van der Waals surface area contributed by atoms with E-state index < -0.39 is 0 Å². The lowest BCUT2D eigenvalue weighted by Gasteiger charge is -2.37. The van der Waals surface area contributed by atoms with Crippen molar-refractivity contribution in [2.24, 2.45) is 11.3 Å². The summed E-state index contributed by atoms with van der Waals surface area (Å²) in [5, 5.41) is 1.22. The molecule has 5 heteroatoms. The van der Waals surface area contributed by atoms with Gasteiger partial charge in [0, 0.05) is 62.9 Å². The van der Waals surface area contributed by atoms with Crippen molar-refractivity contribution in [3.05, 3.63) is 36.0 Å². The van der Waals surface area contributed by atoms with E-state index in [2.05, 4.69) is 22.0 Å². The first kappa shape index (κ1) is 17.6. The standard InChI is InChI=1S/C21H28N2O3/c1-25-14-17-13-23(15-21(17)8-10-26-11-9-21)20(24)7-6-16-12-22-19-5-3-2-4-18(16)19/h2-5,12,17,22H,6-11,13-15H2,1H3/t17-/m1/s1. The van der Waals surface area contributed by atoms with E-state index in [-0.39, 0.29) is 11.3 Å². The maximum Gasteiger partial charge on any atom is 0.222 e. The van der Waals surface area contributed by atoms with Gasteiger partial charge in [-0.2, -0.15) is 0 Å². The number of hydrogen-bond acceptors (Lipinski definition) is 3. The van der Waals surface area contributed by atoms with Crippen LogP contribution in [0, 0.1) is 11.3 Å². The van der Waals surface area contributed by atoms with Gasteiger partial charge in [0.1, 0.15) is 0 Å². The molecule has 2 saturated heterocycles. The Balaban J connectivity index is 1.41. The van der Waals surface area contributed by atoms with Crippen LogP contribution in [0.3, 0.4) is 0 Å². The minimum Gasteiger partial charge on any atom is -0.384 e. The number of rotatable bonds is 5. The van der Waals surface area contributed by atoms with Crippen molar-refractivity contribution in [1.82, 2.24) is 9.88 Å². The van der Waals surface area contributed by atoms with Gasteiger partial charge in [0.15, 0.2) is 0 Å². The van der Waals surface area contributed by atoms with Gasteiger partial charge >= 0.3 is 0 Å². The van der Waals surface area contributed by atoms with Crippen LogP contribution >= 0.6 is 0 Å². The molecule has 1 spiro atoms. The number of H-pyrrole nitrogens is 1. The van der Waals surface area contributed by atoms with E-state index in [1.807, 2.05) is 18.3 Å². The third-order valence-corrected chi connectivity index (χ3v) is 6.30. The molecule has 2 aliphatic rings.